The molecular formula is C8H8N6. The number of aromatic nitrogens is 4. The lowest BCUT2D eigenvalue weighted by Crippen LogP contribution is -1.99. The molecule has 0 radical (unpaired) electrons. The highest BCUT2D eigenvalue weighted by molar-refractivity contribution is 5.53. The van der Waals surface area contributed by atoms with Crippen LogP contribution in [0.4, 0.5) is 17.5 Å². The van der Waals surface area contributed by atoms with E-state index < -0.39 is 0 Å². The summed E-state index contributed by atoms with van der Waals surface area (Å²) < 4.78 is 0. The Labute approximate surface area is 80.3 Å². The lowest BCUT2D eigenvalue weighted by molar-refractivity contribution is 1.15. The third kappa shape index (κ3) is 1.92. The second-order valence-corrected chi connectivity index (χ2v) is 2.55. The molecule has 0 atom stereocenters. The summed E-state index contributed by atoms with van der Waals surface area (Å²) in [6.07, 6.45) is 6.32. The maximum atomic E-state index is 5.42. The molecule has 0 saturated heterocycles. The second-order valence-electron chi connectivity index (χ2n) is 2.55. The number of nitrogens with two attached hydrogens (primary N) is 1. The molecule has 0 aliphatic carbocycles. The number of rotatable bonds is 2. The summed E-state index contributed by atoms with van der Waals surface area (Å²) in [6, 6.07) is 1.71. The standard InChI is InChI=1S/C8H8N6/c9-8-12-2-1-7(14-8)13-6-3-10-5-11-4-6/h1-5H,(H3,9,12,13,14). The van der Waals surface area contributed by atoms with Crippen LogP contribution in [0.2, 0.25) is 0 Å². The van der Waals surface area contributed by atoms with Crippen molar-refractivity contribution in [2.24, 2.45) is 0 Å². The minimum absolute atomic E-state index is 0.229. The first kappa shape index (κ1) is 8.36. The Bertz CT molecular complexity index is 415. The molecular weight excluding hydrogens is 180 g/mol. The van der Waals surface area contributed by atoms with Crippen molar-refractivity contribution in [2.75, 3.05) is 11.1 Å². The van der Waals surface area contributed by atoms with E-state index in [-0.39, 0.29) is 5.95 Å². The molecule has 0 bridgehead atoms. The molecule has 2 heterocycles. The summed E-state index contributed by atoms with van der Waals surface area (Å²) >= 11 is 0. The van der Waals surface area contributed by atoms with Crippen molar-refractivity contribution in [3.8, 4) is 0 Å². The average molecular weight is 188 g/mol. The zero-order valence-corrected chi connectivity index (χ0v) is 7.25. The highest BCUT2D eigenvalue weighted by atomic mass is 15.1. The minimum Gasteiger partial charge on any atom is -0.368 e. The first-order valence-corrected chi connectivity index (χ1v) is 3.95. The van der Waals surface area contributed by atoms with Crippen molar-refractivity contribution in [1.82, 2.24) is 19.9 Å². The molecule has 0 amide bonds. The molecule has 2 aromatic rings. The van der Waals surface area contributed by atoms with Gasteiger partial charge in [0.05, 0.1) is 18.1 Å². The van der Waals surface area contributed by atoms with E-state index in [4.69, 9.17) is 5.73 Å². The highest BCUT2D eigenvalue weighted by Gasteiger charge is 1.96. The maximum absolute atomic E-state index is 5.42. The molecule has 0 aliphatic rings. The lowest BCUT2D eigenvalue weighted by atomic mass is 10.5. The van der Waals surface area contributed by atoms with Crippen LogP contribution in [0.5, 0.6) is 0 Å². The second kappa shape index (κ2) is 3.65. The number of anilines is 3. The summed E-state index contributed by atoms with van der Waals surface area (Å²) in [5.41, 5.74) is 6.17. The quantitative estimate of drug-likeness (QED) is 0.717. The first-order chi connectivity index (χ1) is 6.84. The Morgan fingerprint density at radius 2 is 2.00 bits per heavy atom. The predicted octanol–water partition coefficient (Wildman–Crippen LogP) is 0.592. The molecule has 0 fully saturated rings. The van der Waals surface area contributed by atoms with E-state index in [1.54, 1.807) is 24.7 Å². The van der Waals surface area contributed by atoms with E-state index in [0.717, 1.165) is 5.69 Å². The van der Waals surface area contributed by atoms with Crippen LogP contribution >= 0.6 is 0 Å². The summed E-state index contributed by atoms with van der Waals surface area (Å²) in [7, 11) is 0. The fraction of sp³-hybridized carbons (Fsp3) is 0. The molecule has 0 aliphatic heterocycles. The Morgan fingerprint density at radius 1 is 1.21 bits per heavy atom. The molecule has 14 heavy (non-hydrogen) atoms. The number of nitrogens with one attached hydrogen (secondary N) is 1. The number of nitrogen functional groups attached to an aromatic ring is 1. The first-order valence-electron chi connectivity index (χ1n) is 3.95. The maximum Gasteiger partial charge on any atom is 0.221 e. The Kier molecular flexibility index (Phi) is 2.18. The normalized spacial score (nSPS) is 9.71. The Hall–Kier alpha value is -2.24. The van der Waals surface area contributed by atoms with E-state index in [2.05, 4.69) is 25.3 Å². The Balaban J connectivity index is 2.19. The molecule has 0 saturated carbocycles. The summed E-state index contributed by atoms with van der Waals surface area (Å²) in [6.45, 7) is 0. The molecule has 0 unspecified atom stereocenters. The summed E-state index contributed by atoms with van der Waals surface area (Å²) in [4.78, 5) is 15.5. The van der Waals surface area contributed by atoms with Gasteiger partial charge in [0.1, 0.15) is 12.1 Å². The van der Waals surface area contributed by atoms with Gasteiger partial charge in [-0.25, -0.2) is 15.0 Å². The molecule has 70 valence electrons. The van der Waals surface area contributed by atoms with Crippen molar-refractivity contribution in [2.45, 2.75) is 0 Å². The van der Waals surface area contributed by atoms with Crippen LogP contribution in [0.15, 0.2) is 31.0 Å². The van der Waals surface area contributed by atoms with E-state index >= 15 is 0 Å². The van der Waals surface area contributed by atoms with Gasteiger partial charge in [0.2, 0.25) is 5.95 Å². The largest absolute Gasteiger partial charge is 0.368 e. The van der Waals surface area contributed by atoms with Gasteiger partial charge in [0, 0.05) is 6.20 Å². The van der Waals surface area contributed by atoms with Gasteiger partial charge in [-0.05, 0) is 6.07 Å². The van der Waals surface area contributed by atoms with Crippen LogP contribution in [-0.4, -0.2) is 19.9 Å². The minimum atomic E-state index is 0.229. The van der Waals surface area contributed by atoms with Gasteiger partial charge in [0.25, 0.3) is 0 Å². The molecule has 0 spiro atoms. The average Bonchev–Trinajstić information content (AvgIpc) is 2.19. The van der Waals surface area contributed by atoms with Gasteiger partial charge < -0.3 is 11.1 Å². The van der Waals surface area contributed by atoms with Gasteiger partial charge in [-0.2, -0.15) is 4.98 Å². The number of hydrogen-bond acceptors (Lipinski definition) is 6. The number of hydrogen-bond donors (Lipinski definition) is 2. The smallest absolute Gasteiger partial charge is 0.221 e. The third-order valence-corrected chi connectivity index (χ3v) is 1.51. The van der Waals surface area contributed by atoms with Crippen LogP contribution in [0, 0.1) is 0 Å². The van der Waals surface area contributed by atoms with E-state index in [9.17, 15) is 0 Å². The topological polar surface area (TPSA) is 89.6 Å². The summed E-state index contributed by atoms with van der Waals surface area (Å²) in [5, 5.41) is 2.99. The lowest BCUT2D eigenvalue weighted by Gasteiger charge is -2.03. The zero-order valence-electron chi connectivity index (χ0n) is 7.25. The van der Waals surface area contributed by atoms with Gasteiger partial charge in [0.15, 0.2) is 0 Å². The SMILES string of the molecule is Nc1nccc(Nc2cncnc2)n1. The van der Waals surface area contributed by atoms with Crippen LogP contribution < -0.4 is 11.1 Å². The van der Waals surface area contributed by atoms with Crippen LogP contribution in [0.3, 0.4) is 0 Å². The van der Waals surface area contributed by atoms with Gasteiger partial charge >= 0.3 is 0 Å². The Morgan fingerprint density at radius 3 is 2.71 bits per heavy atom. The van der Waals surface area contributed by atoms with Crippen molar-refractivity contribution in [3.05, 3.63) is 31.0 Å². The third-order valence-electron chi connectivity index (χ3n) is 1.51. The van der Waals surface area contributed by atoms with E-state index in [1.807, 2.05) is 0 Å². The van der Waals surface area contributed by atoms with Crippen LogP contribution in [0.25, 0.3) is 0 Å². The van der Waals surface area contributed by atoms with Gasteiger partial charge in [-0.1, -0.05) is 0 Å². The molecule has 3 N–H and O–H groups in total. The van der Waals surface area contributed by atoms with Crippen molar-refractivity contribution < 1.29 is 0 Å². The molecule has 2 rings (SSSR count). The van der Waals surface area contributed by atoms with Gasteiger partial charge in [-0.3, -0.25) is 0 Å². The van der Waals surface area contributed by atoms with E-state index in [0.29, 0.717) is 5.82 Å². The van der Waals surface area contributed by atoms with Crippen LogP contribution in [0.1, 0.15) is 0 Å². The van der Waals surface area contributed by atoms with Crippen molar-refractivity contribution >= 4 is 17.5 Å². The predicted molar refractivity (Wildman–Crippen MR) is 51.8 cm³/mol. The monoisotopic (exact) mass is 188 g/mol. The molecule has 2 aromatic heterocycles. The molecule has 6 heteroatoms. The zero-order chi connectivity index (χ0) is 9.80. The van der Waals surface area contributed by atoms with Crippen molar-refractivity contribution in [3.63, 3.8) is 0 Å². The van der Waals surface area contributed by atoms with Crippen LogP contribution in [-0.2, 0) is 0 Å². The van der Waals surface area contributed by atoms with Crippen molar-refractivity contribution in [1.29, 1.82) is 0 Å². The summed E-state index contributed by atoms with van der Waals surface area (Å²) in [5.74, 6) is 0.846. The van der Waals surface area contributed by atoms with Gasteiger partial charge in [-0.15, -0.1) is 0 Å². The molecule has 0 aromatic carbocycles. The fourth-order valence-corrected chi connectivity index (χ4v) is 0.955. The van der Waals surface area contributed by atoms with E-state index in [1.165, 1.54) is 6.33 Å². The number of nitrogens with zero attached hydrogens (tertiary/aromatic N) is 4. The highest BCUT2D eigenvalue weighted by Crippen LogP contribution is 2.10. The fourth-order valence-electron chi connectivity index (χ4n) is 0.955. The molecule has 6 nitrogen and oxygen atoms in total.